The van der Waals surface area contributed by atoms with Gasteiger partial charge in [0.1, 0.15) is 11.6 Å². The number of rotatable bonds is 1. The van der Waals surface area contributed by atoms with Gasteiger partial charge in [-0.3, -0.25) is 4.79 Å². The number of nitrogens with zero attached hydrogens (tertiary/aromatic N) is 1. The van der Waals surface area contributed by atoms with Crippen molar-refractivity contribution in [2.45, 2.75) is 52.2 Å². The van der Waals surface area contributed by atoms with Gasteiger partial charge in [0.25, 0.3) is 0 Å². The fourth-order valence-corrected chi connectivity index (χ4v) is 2.02. The van der Waals surface area contributed by atoms with Gasteiger partial charge < -0.3 is 9.47 Å². The number of piperidine rings is 1. The maximum atomic E-state index is 12.0. The van der Waals surface area contributed by atoms with Gasteiger partial charge in [0, 0.05) is 6.42 Å². The SMILES string of the molecule is COC(=O)[C@@H]1C[C@@H](C)CC(=O)N1C(=O)OC(C)(C)C. The molecule has 0 saturated carbocycles. The summed E-state index contributed by atoms with van der Waals surface area (Å²) in [6, 6.07) is -0.893. The first-order valence-electron chi connectivity index (χ1n) is 6.28. The van der Waals surface area contributed by atoms with Gasteiger partial charge in [-0.1, -0.05) is 6.92 Å². The molecule has 2 amide bonds. The summed E-state index contributed by atoms with van der Waals surface area (Å²) < 4.78 is 9.82. The van der Waals surface area contributed by atoms with Crippen molar-refractivity contribution in [2.75, 3.05) is 7.11 Å². The minimum absolute atomic E-state index is 0.0373. The average Bonchev–Trinajstić information content (AvgIpc) is 2.24. The van der Waals surface area contributed by atoms with Crippen LogP contribution in [0.1, 0.15) is 40.5 Å². The molecule has 1 aliphatic heterocycles. The standard InChI is InChI=1S/C13H21NO5/c1-8-6-9(11(16)18-5)14(10(15)7-8)12(17)19-13(2,3)4/h8-9H,6-7H2,1-5H3/t8-,9+/m1/s1. The Morgan fingerprint density at radius 1 is 1.32 bits per heavy atom. The fourth-order valence-electron chi connectivity index (χ4n) is 2.02. The Morgan fingerprint density at radius 2 is 1.89 bits per heavy atom. The Kier molecular flexibility index (Phi) is 4.55. The highest BCUT2D eigenvalue weighted by atomic mass is 16.6. The van der Waals surface area contributed by atoms with E-state index >= 15 is 0 Å². The summed E-state index contributed by atoms with van der Waals surface area (Å²) in [7, 11) is 1.24. The van der Waals surface area contributed by atoms with E-state index in [1.54, 1.807) is 20.8 Å². The molecule has 1 fully saturated rings. The number of amides is 2. The van der Waals surface area contributed by atoms with Crippen LogP contribution < -0.4 is 0 Å². The summed E-state index contributed by atoms with van der Waals surface area (Å²) in [6.07, 6.45) is -0.162. The third-order valence-electron chi connectivity index (χ3n) is 2.79. The zero-order valence-electron chi connectivity index (χ0n) is 12.1. The van der Waals surface area contributed by atoms with Crippen molar-refractivity contribution >= 4 is 18.0 Å². The lowest BCUT2D eigenvalue weighted by Gasteiger charge is -2.35. The lowest BCUT2D eigenvalue weighted by Crippen LogP contribution is -2.54. The lowest BCUT2D eigenvalue weighted by molar-refractivity contribution is -0.156. The molecule has 0 radical (unpaired) electrons. The van der Waals surface area contributed by atoms with Gasteiger partial charge in [-0.2, -0.15) is 0 Å². The van der Waals surface area contributed by atoms with E-state index in [1.165, 1.54) is 7.11 Å². The van der Waals surface area contributed by atoms with Crippen molar-refractivity contribution < 1.29 is 23.9 Å². The van der Waals surface area contributed by atoms with E-state index in [1.807, 2.05) is 6.92 Å². The van der Waals surface area contributed by atoms with Crippen molar-refractivity contribution in [2.24, 2.45) is 5.92 Å². The number of hydrogen-bond donors (Lipinski definition) is 0. The number of methoxy groups -OCH3 is 1. The van der Waals surface area contributed by atoms with Crippen LogP contribution in [-0.2, 0) is 19.1 Å². The molecule has 0 aromatic carbocycles. The maximum Gasteiger partial charge on any atom is 0.417 e. The van der Waals surface area contributed by atoms with Gasteiger partial charge in [-0.05, 0) is 33.1 Å². The summed E-state index contributed by atoms with van der Waals surface area (Å²) >= 11 is 0. The van der Waals surface area contributed by atoms with E-state index in [0.717, 1.165) is 4.90 Å². The van der Waals surface area contributed by atoms with Crippen molar-refractivity contribution in [3.63, 3.8) is 0 Å². The second-order valence-corrected chi connectivity index (χ2v) is 5.83. The molecule has 1 saturated heterocycles. The maximum absolute atomic E-state index is 12.0. The highest BCUT2D eigenvalue weighted by Gasteiger charge is 2.42. The van der Waals surface area contributed by atoms with Crippen molar-refractivity contribution in [1.29, 1.82) is 0 Å². The van der Waals surface area contributed by atoms with E-state index in [4.69, 9.17) is 4.74 Å². The Labute approximate surface area is 113 Å². The Balaban J connectivity index is 2.94. The molecule has 6 nitrogen and oxygen atoms in total. The van der Waals surface area contributed by atoms with Crippen LogP contribution in [0.2, 0.25) is 0 Å². The third kappa shape index (κ3) is 3.94. The molecule has 2 atom stereocenters. The quantitative estimate of drug-likeness (QED) is 0.679. The number of hydrogen-bond acceptors (Lipinski definition) is 5. The van der Waals surface area contributed by atoms with Crippen LogP contribution in [0.5, 0.6) is 0 Å². The minimum atomic E-state index is -0.893. The number of carbonyl (C=O) groups excluding carboxylic acids is 3. The summed E-state index contributed by atoms with van der Waals surface area (Å²) in [5.41, 5.74) is -0.721. The Hall–Kier alpha value is -1.59. The number of esters is 1. The number of carbonyl (C=O) groups is 3. The average molecular weight is 271 g/mol. The second-order valence-electron chi connectivity index (χ2n) is 5.83. The molecule has 1 heterocycles. The van der Waals surface area contributed by atoms with Crippen LogP contribution in [0.15, 0.2) is 0 Å². The molecular formula is C13H21NO5. The van der Waals surface area contributed by atoms with Gasteiger partial charge in [-0.25, -0.2) is 14.5 Å². The molecule has 0 aromatic rings. The van der Waals surface area contributed by atoms with Crippen LogP contribution in [-0.4, -0.2) is 41.6 Å². The van der Waals surface area contributed by atoms with Gasteiger partial charge in [0.2, 0.25) is 5.91 Å². The predicted octanol–water partition coefficient (Wildman–Crippen LogP) is 1.72. The molecule has 0 spiro atoms. The first kappa shape index (κ1) is 15.5. The van der Waals surface area contributed by atoms with E-state index < -0.39 is 29.6 Å². The van der Waals surface area contributed by atoms with Crippen LogP contribution in [0.25, 0.3) is 0 Å². The van der Waals surface area contributed by atoms with Gasteiger partial charge in [-0.15, -0.1) is 0 Å². The number of ether oxygens (including phenoxy) is 2. The first-order valence-corrected chi connectivity index (χ1v) is 6.28. The topological polar surface area (TPSA) is 72.9 Å². The molecule has 0 bridgehead atoms. The fraction of sp³-hybridized carbons (Fsp3) is 0.769. The number of likely N-dealkylation sites (tertiary alicyclic amines) is 1. The molecule has 6 heteroatoms. The minimum Gasteiger partial charge on any atom is -0.467 e. The molecule has 0 aliphatic carbocycles. The Bertz CT molecular complexity index is 385. The zero-order chi connectivity index (χ0) is 14.8. The van der Waals surface area contributed by atoms with E-state index in [2.05, 4.69) is 4.74 Å². The lowest BCUT2D eigenvalue weighted by atomic mass is 9.92. The molecule has 1 aliphatic rings. The van der Waals surface area contributed by atoms with E-state index in [9.17, 15) is 14.4 Å². The highest BCUT2D eigenvalue weighted by molar-refractivity contribution is 5.97. The van der Waals surface area contributed by atoms with E-state index in [0.29, 0.717) is 6.42 Å². The third-order valence-corrected chi connectivity index (χ3v) is 2.79. The van der Waals surface area contributed by atoms with Crippen molar-refractivity contribution in [1.82, 2.24) is 4.90 Å². The largest absolute Gasteiger partial charge is 0.467 e. The van der Waals surface area contributed by atoms with Gasteiger partial charge >= 0.3 is 12.1 Å². The first-order chi connectivity index (χ1) is 8.65. The zero-order valence-corrected chi connectivity index (χ0v) is 12.1. The van der Waals surface area contributed by atoms with Crippen LogP contribution in [0, 0.1) is 5.92 Å². The summed E-state index contributed by atoms with van der Waals surface area (Å²) in [4.78, 5) is 36.6. The molecule has 1 rings (SSSR count). The summed E-state index contributed by atoms with van der Waals surface area (Å²) in [5.74, 6) is -0.954. The van der Waals surface area contributed by atoms with Crippen LogP contribution in [0.3, 0.4) is 0 Å². The van der Waals surface area contributed by atoms with E-state index in [-0.39, 0.29) is 12.3 Å². The highest BCUT2D eigenvalue weighted by Crippen LogP contribution is 2.26. The Morgan fingerprint density at radius 3 is 2.37 bits per heavy atom. The molecule has 108 valence electrons. The molecular weight excluding hydrogens is 250 g/mol. The van der Waals surface area contributed by atoms with Crippen LogP contribution in [0.4, 0.5) is 4.79 Å². The molecule has 0 unspecified atom stereocenters. The summed E-state index contributed by atoms with van der Waals surface area (Å²) in [5, 5.41) is 0. The van der Waals surface area contributed by atoms with Gasteiger partial charge in [0.05, 0.1) is 7.11 Å². The smallest absolute Gasteiger partial charge is 0.417 e. The van der Waals surface area contributed by atoms with Crippen molar-refractivity contribution in [3.05, 3.63) is 0 Å². The normalized spacial score (nSPS) is 24.1. The molecule has 0 N–H and O–H groups in total. The molecule has 0 aromatic heterocycles. The molecule has 19 heavy (non-hydrogen) atoms. The van der Waals surface area contributed by atoms with Gasteiger partial charge in [0.15, 0.2) is 0 Å². The number of imide groups is 1. The van der Waals surface area contributed by atoms with Crippen LogP contribution >= 0.6 is 0 Å². The second kappa shape index (κ2) is 5.59. The summed E-state index contributed by atoms with van der Waals surface area (Å²) in [6.45, 7) is 6.97. The predicted molar refractivity (Wildman–Crippen MR) is 67.3 cm³/mol. The monoisotopic (exact) mass is 271 g/mol. The van der Waals surface area contributed by atoms with Crippen molar-refractivity contribution in [3.8, 4) is 0 Å².